The first kappa shape index (κ1) is 22.0. The number of thiophene rings is 1. The standard InChI is InChI=1S/C25H24N2O4S2/c28-24(22-11-10-21(31-22)9-8-20-5-2-1-3-6-20)26-15-12-25(19-26)13-16-27(17-14-25)33(29,30)23-7-4-18-32-23/h1-7,10-11,18H,12-17,19H2. The zero-order valence-corrected chi connectivity index (χ0v) is 19.7. The summed E-state index contributed by atoms with van der Waals surface area (Å²) in [7, 11) is -3.42. The summed E-state index contributed by atoms with van der Waals surface area (Å²) in [5.41, 5.74) is 0.857. The largest absolute Gasteiger partial charge is 0.443 e. The van der Waals surface area contributed by atoms with Gasteiger partial charge in [0.1, 0.15) is 4.21 Å². The molecule has 0 atom stereocenters. The van der Waals surface area contributed by atoms with Crippen LogP contribution < -0.4 is 0 Å². The van der Waals surface area contributed by atoms with E-state index in [0.717, 1.165) is 24.8 Å². The van der Waals surface area contributed by atoms with Gasteiger partial charge < -0.3 is 9.32 Å². The van der Waals surface area contributed by atoms with Crippen LogP contribution in [0.4, 0.5) is 0 Å². The van der Waals surface area contributed by atoms with E-state index in [-0.39, 0.29) is 11.3 Å². The minimum atomic E-state index is -3.42. The molecule has 0 N–H and O–H groups in total. The first-order valence-electron chi connectivity index (χ1n) is 11.0. The average molecular weight is 481 g/mol. The summed E-state index contributed by atoms with van der Waals surface area (Å²) in [6.45, 7) is 2.26. The zero-order valence-electron chi connectivity index (χ0n) is 18.1. The first-order valence-corrected chi connectivity index (χ1v) is 13.3. The number of benzene rings is 1. The molecule has 5 rings (SSSR count). The Morgan fingerprint density at radius 3 is 2.42 bits per heavy atom. The Morgan fingerprint density at radius 1 is 0.939 bits per heavy atom. The number of furan rings is 1. The van der Waals surface area contributed by atoms with E-state index >= 15 is 0 Å². The SMILES string of the molecule is O=C(c1ccc(C#Cc2ccccc2)o1)N1CCC2(CCN(S(=O)(=O)c3cccs3)CC2)C1. The van der Waals surface area contributed by atoms with Gasteiger partial charge in [-0.15, -0.1) is 11.3 Å². The van der Waals surface area contributed by atoms with Crippen molar-refractivity contribution in [2.45, 2.75) is 23.5 Å². The molecule has 2 aromatic heterocycles. The molecule has 33 heavy (non-hydrogen) atoms. The molecule has 2 saturated heterocycles. The van der Waals surface area contributed by atoms with Crippen molar-refractivity contribution in [1.29, 1.82) is 0 Å². The molecule has 2 aliphatic rings. The van der Waals surface area contributed by atoms with Crippen molar-refractivity contribution in [3.8, 4) is 11.8 Å². The van der Waals surface area contributed by atoms with Gasteiger partial charge in [-0.25, -0.2) is 8.42 Å². The third-order valence-corrected chi connectivity index (χ3v) is 9.79. The van der Waals surface area contributed by atoms with Crippen molar-refractivity contribution in [2.75, 3.05) is 26.2 Å². The summed E-state index contributed by atoms with van der Waals surface area (Å²) in [6.07, 6.45) is 2.40. The molecule has 2 aliphatic heterocycles. The van der Waals surface area contributed by atoms with Crippen LogP contribution in [-0.4, -0.2) is 49.7 Å². The molecule has 0 saturated carbocycles. The van der Waals surface area contributed by atoms with Crippen LogP contribution in [0.1, 0.15) is 41.1 Å². The number of likely N-dealkylation sites (tertiary alicyclic amines) is 1. The van der Waals surface area contributed by atoms with Crippen LogP contribution >= 0.6 is 11.3 Å². The van der Waals surface area contributed by atoms with Crippen molar-refractivity contribution in [3.63, 3.8) is 0 Å². The second-order valence-corrected chi connectivity index (χ2v) is 11.7. The van der Waals surface area contributed by atoms with Crippen molar-refractivity contribution in [2.24, 2.45) is 5.41 Å². The Kier molecular flexibility index (Phi) is 5.87. The van der Waals surface area contributed by atoms with E-state index < -0.39 is 10.0 Å². The number of sulfonamides is 1. The van der Waals surface area contributed by atoms with E-state index in [1.807, 2.05) is 35.2 Å². The molecule has 2 fully saturated rings. The second-order valence-electron chi connectivity index (χ2n) is 8.59. The minimum Gasteiger partial charge on any atom is -0.443 e. The molecule has 1 spiro atoms. The van der Waals surface area contributed by atoms with Gasteiger partial charge in [-0.05, 0) is 66.3 Å². The fourth-order valence-electron chi connectivity index (χ4n) is 4.59. The highest BCUT2D eigenvalue weighted by Crippen LogP contribution is 2.42. The Morgan fingerprint density at radius 2 is 1.70 bits per heavy atom. The predicted molar refractivity (Wildman–Crippen MR) is 126 cm³/mol. The Balaban J connectivity index is 1.21. The topological polar surface area (TPSA) is 70.8 Å². The number of carbonyl (C=O) groups excluding carboxylic acids is 1. The molecule has 0 aliphatic carbocycles. The van der Waals surface area contributed by atoms with E-state index in [9.17, 15) is 13.2 Å². The van der Waals surface area contributed by atoms with E-state index in [4.69, 9.17) is 4.42 Å². The van der Waals surface area contributed by atoms with E-state index in [2.05, 4.69) is 11.8 Å². The Bertz CT molecular complexity index is 1290. The fraction of sp³-hybridized carbons (Fsp3) is 0.320. The van der Waals surface area contributed by atoms with Crippen LogP contribution in [0.15, 0.2) is 68.6 Å². The normalized spacial score (nSPS) is 18.2. The molecule has 0 unspecified atom stereocenters. The minimum absolute atomic E-state index is 0.0281. The van der Waals surface area contributed by atoms with Gasteiger partial charge in [0, 0.05) is 31.7 Å². The molecule has 1 amide bonds. The third kappa shape index (κ3) is 4.49. The van der Waals surface area contributed by atoms with Gasteiger partial charge in [-0.2, -0.15) is 4.31 Å². The summed E-state index contributed by atoms with van der Waals surface area (Å²) in [6, 6.07) is 16.4. The molecule has 1 aromatic carbocycles. The van der Waals surface area contributed by atoms with Crippen LogP contribution in [-0.2, 0) is 10.0 Å². The van der Waals surface area contributed by atoms with Crippen molar-refractivity contribution in [3.05, 3.63) is 77.1 Å². The van der Waals surface area contributed by atoms with Crippen LogP contribution in [0.25, 0.3) is 0 Å². The lowest BCUT2D eigenvalue weighted by molar-refractivity contribution is 0.0719. The molecule has 4 heterocycles. The number of hydrogen-bond donors (Lipinski definition) is 0. The third-order valence-electron chi connectivity index (χ3n) is 6.52. The second kappa shape index (κ2) is 8.82. The molecule has 8 heteroatoms. The molecular weight excluding hydrogens is 456 g/mol. The maximum Gasteiger partial charge on any atom is 0.289 e. The smallest absolute Gasteiger partial charge is 0.289 e. The molecular formula is C25H24N2O4S2. The highest BCUT2D eigenvalue weighted by molar-refractivity contribution is 7.91. The van der Waals surface area contributed by atoms with Crippen LogP contribution in [0.2, 0.25) is 0 Å². The zero-order chi connectivity index (χ0) is 22.9. The van der Waals surface area contributed by atoms with E-state index in [1.165, 1.54) is 11.3 Å². The van der Waals surface area contributed by atoms with Gasteiger partial charge in [0.2, 0.25) is 0 Å². The molecule has 170 valence electrons. The van der Waals surface area contributed by atoms with E-state index in [0.29, 0.717) is 41.9 Å². The first-order chi connectivity index (χ1) is 16.0. The van der Waals surface area contributed by atoms with Gasteiger partial charge >= 0.3 is 0 Å². The fourth-order valence-corrected chi connectivity index (χ4v) is 7.17. The average Bonchev–Trinajstić information content (AvgIpc) is 3.60. The molecule has 0 radical (unpaired) electrons. The molecule has 0 bridgehead atoms. The number of nitrogens with zero attached hydrogens (tertiary/aromatic N) is 2. The number of hydrogen-bond acceptors (Lipinski definition) is 5. The maximum atomic E-state index is 13.0. The summed E-state index contributed by atoms with van der Waals surface area (Å²) < 4.78 is 33.3. The summed E-state index contributed by atoms with van der Waals surface area (Å²) >= 11 is 1.25. The highest BCUT2D eigenvalue weighted by atomic mass is 32.2. The lowest BCUT2D eigenvalue weighted by Gasteiger charge is -2.38. The van der Waals surface area contributed by atoms with Crippen LogP contribution in [0.5, 0.6) is 0 Å². The quantitative estimate of drug-likeness (QED) is 0.530. The van der Waals surface area contributed by atoms with E-state index in [1.54, 1.807) is 34.0 Å². The van der Waals surface area contributed by atoms with Gasteiger partial charge in [0.15, 0.2) is 11.5 Å². The van der Waals surface area contributed by atoms with Crippen molar-refractivity contribution >= 4 is 27.3 Å². The number of rotatable bonds is 3. The van der Waals surface area contributed by atoms with Crippen LogP contribution in [0.3, 0.4) is 0 Å². The summed E-state index contributed by atoms with van der Waals surface area (Å²) in [5.74, 6) is 6.62. The number of amides is 1. The summed E-state index contributed by atoms with van der Waals surface area (Å²) in [5, 5.41) is 1.78. The van der Waals surface area contributed by atoms with Crippen molar-refractivity contribution < 1.29 is 17.6 Å². The summed E-state index contributed by atoms with van der Waals surface area (Å²) in [4.78, 5) is 14.8. The number of piperidine rings is 1. The predicted octanol–water partition coefficient (Wildman–Crippen LogP) is 4.06. The number of carbonyl (C=O) groups is 1. The van der Waals surface area contributed by atoms with Gasteiger partial charge in [-0.3, -0.25) is 4.79 Å². The highest BCUT2D eigenvalue weighted by Gasteiger charge is 2.44. The van der Waals surface area contributed by atoms with Gasteiger partial charge in [0.05, 0.1) is 0 Å². The van der Waals surface area contributed by atoms with Gasteiger partial charge in [-0.1, -0.05) is 30.2 Å². The monoisotopic (exact) mass is 480 g/mol. The lowest BCUT2D eigenvalue weighted by Crippen LogP contribution is -2.44. The molecule has 3 aromatic rings. The molecule has 6 nitrogen and oxygen atoms in total. The Labute approximate surface area is 197 Å². The van der Waals surface area contributed by atoms with Crippen LogP contribution in [0, 0.1) is 17.3 Å². The Hall–Kier alpha value is -2.86. The van der Waals surface area contributed by atoms with Gasteiger partial charge in [0.25, 0.3) is 15.9 Å². The maximum absolute atomic E-state index is 13.0. The lowest BCUT2D eigenvalue weighted by atomic mass is 9.78. The van der Waals surface area contributed by atoms with Crippen molar-refractivity contribution in [1.82, 2.24) is 9.21 Å².